The van der Waals surface area contributed by atoms with Crippen LogP contribution in [0.15, 0.2) is 28.6 Å². The molecule has 6 nitrogen and oxygen atoms in total. The maximum Gasteiger partial charge on any atom is 0.416 e. The molecule has 0 saturated carbocycles. The van der Waals surface area contributed by atoms with Gasteiger partial charge in [-0.1, -0.05) is 29.2 Å². The first kappa shape index (κ1) is 20.9. The predicted octanol–water partition coefficient (Wildman–Crippen LogP) is 4.27. The van der Waals surface area contributed by atoms with Crippen molar-refractivity contribution < 1.29 is 22.7 Å². The Labute approximate surface area is 168 Å². The summed E-state index contributed by atoms with van der Waals surface area (Å²) in [6.07, 6.45) is -2.21. The molecule has 2 unspecified atom stereocenters. The van der Waals surface area contributed by atoms with Gasteiger partial charge in [0.25, 0.3) is 0 Å². The number of anilines is 2. The zero-order valence-electron chi connectivity index (χ0n) is 15.0. The lowest BCUT2D eigenvalue weighted by Crippen LogP contribution is -2.22. The molecule has 1 aromatic carbocycles. The van der Waals surface area contributed by atoms with Crippen LogP contribution in [0, 0.1) is 0 Å². The van der Waals surface area contributed by atoms with Crippen LogP contribution in [0.4, 0.5) is 24.0 Å². The Morgan fingerprint density at radius 1 is 1.43 bits per heavy atom. The Morgan fingerprint density at radius 3 is 2.96 bits per heavy atom. The summed E-state index contributed by atoms with van der Waals surface area (Å²) in [5.41, 5.74) is -0.708. The smallest absolute Gasteiger partial charge is 0.376 e. The fourth-order valence-electron chi connectivity index (χ4n) is 2.56. The second-order valence-corrected chi connectivity index (χ2v) is 8.78. The summed E-state index contributed by atoms with van der Waals surface area (Å²) in [7, 11) is 0. The SMILES string of the molecule is CC(Sc1nnc(NCC2CCCO2)s1)C(=O)Nc1cccc(C(F)(F)F)c1. The Morgan fingerprint density at radius 2 is 2.25 bits per heavy atom. The number of amides is 1. The van der Waals surface area contributed by atoms with E-state index in [2.05, 4.69) is 20.8 Å². The molecule has 2 aromatic rings. The number of hydrogen-bond donors (Lipinski definition) is 2. The number of carbonyl (C=O) groups excluding carboxylic acids is 1. The lowest BCUT2D eigenvalue weighted by Gasteiger charge is -2.12. The molecule has 2 heterocycles. The summed E-state index contributed by atoms with van der Waals surface area (Å²) in [4.78, 5) is 12.3. The average Bonchev–Trinajstić information content (AvgIpc) is 3.31. The Kier molecular flexibility index (Phi) is 6.78. The van der Waals surface area contributed by atoms with E-state index in [1.807, 2.05) is 0 Å². The van der Waals surface area contributed by atoms with Gasteiger partial charge in [-0.2, -0.15) is 13.2 Å². The molecule has 0 spiro atoms. The van der Waals surface area contributed by atoms with Gasteiger partial charge < -0.3 is 15.4 Å². The normalized spacial score (nSPS) is 18.1. The Balaban J connectivity index is 1.51. The van der Waals surface area contributed by atoms with E-state index in [0.717, 1.165) is 31.6 Å². The fraction of sp³-hybridized carbons (Fsp3) is 0.471. The first-order chi connectivity index (χ1) is 13.3. The van der Waals surface area contributed by atoms with Crippen LogP contribution in [0.5, 0.6) is 0 Å². The van der Waals surface area contributed by atoms with Gasteiger partial charge in [0.1, 0.15) is 0 Å². The minimum Gasteiger partial charge on any atom is -0.376 e. The number of ether oxygens (including phenoxy) is 1. The van der Waals surface area contributed by atoms with Crippen LogP contribution in [0.3, 0.4) is 0 Å². The number of halogens is 3. The van der Waals surface area contributed by atoms with Gasteiger partial charge in [-0.05, 0) is 38.0 Å². The topological polar surface area (TPSA) is 76.1 Å². The second kappa shape index (κ2) is 9.10. The van der Waals surface area contributed by atoms with Gasteiger partial charge in [0.2, 0.25) is 11.0 Å². The molecule has 1 fully saturated rings. The van der Waals surface area contributed by atoms with Crippen LogP contribution >= 0.6 is 23.1 Å². The highest BCUT2D eigenvalue weighted by Crippen LogP contribution is 2.32. The van der Waals surface area contributed by atoms with E-state index in [0.29, 0.717) is 16.0 Å². The first-order valence-electron chi connectivity index (χ1n) is 8.65. The molecule has 3 rings (SSSR count). The van der Waals surface area contributed by atoms with Gasteiger partial charge >= 0.3 is 6.18 Å². The van der Waals surface area contributed by atoms with Crippen LogP contribution < -0.4 is 10.6 Å². The van der Waals surface area contributed by atoms with Crippen LogP contribution in [0.25, 0.3) is 0 Å². The third kappa shape index (κ3) is 5.82. The van der Waals surface area contributed by atoms with Gasteiger partial charge in [-0.25, -0.2) is 0 Å². The zero-order valence-corrected chi connectivity index (χ0v) is 16.6. The number of benzene rings is 1. The quantitative estimate of drug-likeness (QED) is 0.637. The summed E-state index contributed by atoms with van der Waals surface area (Å²) in [5, 5.41) is 13.8. The molecule has 0 aliphatic carbocycles. The van der Waals surface area contributed by atoms with Crippen molar-refractivity contribution in [2.75, 3.05) is 23.8 Å². The molecule has 152 valence electrons. The van der Waals surface area contributed by atoms with E-state index < -0.39 is 22.9 Å². The van der Waals surface area contributed by atoms with Crippen LogP contribution in [-0.2, 0) is 15.7 Å². The molecule has 0 radical (unpaired) electrons. The van der Waals surface area contributed by atoms with Crippen molar-refractivity contribution in [3.8, 4) is 0 Å². The number of rotatable bonds is 7. The molecule has 1 aromatic heterocycles. The van der Waals surface area contributed by atoms with Crippen molar-refractivity contribution in [2.45, 2.75) is 41.6 Å². The number of alkyl halides is 3. The van der Waals surface area contributed by atoms with E-state index in [4.69, 9.17) is 4.74 Å². The first-order valence-corrected chi connectivity index (χ1v) is 10.3. The number of hydrogen-bond acceptors (Lipinski definition) is 7. The molecular formula is C17H19F3N4O2S2. The summed E-state index contributed by atoms with van der Waals surface area (Å²) in [6, 6.07) is 4.54. The van der Waals surface area contributed by atoms with Gasteiger partial charge in [0.05, 0.1) is 16.9 Å². The number of aromatic nitrogens is 2. The number of nitrogens with zero attached hydrogens (tertiary/aromatic N) is 2. The standard InChI is InChI=1S/C17H19F3N4O2S2/c1-10(14(25)22-12-5-2-4-11(8-12)17(18,19)20)27-16-24-23-15(28-16)21-9-13-6-3-7-26-13/h2,4-5,8,10,13H,3,6-7,9H2,1H3,(H,21,23)(H,22,25). The molecule has 11 heteroatoms. The summed E-state index contributed by atoms with van der Waals surface area (Å²) < 4.78 is 44.4. The highest BCUT2D eigenvalue weighted by Gasteiger charge is 2.30. The van der Waals surface area contributed by atoms with Crippen molar-refractivity contribution >= 4 is 39.8 Å². The minimum atomic E-state index is -4.46. The molecule has 2 atom stereocenters. The molecule has 2 N–H and O–H groups in total. The van der Waals surface area contributed by atoms with Gasteiger partial charge in [-0.3, -0.25) is 4.79 Å². The number of carbonyl (C=O) groups is 1. The van der Waals surface area contributed by atoms with Gasteiger partial charge in [0.15, 0.2) is 4.34 Å². The molecular weight excluding hydrogens is 413 g/mol. The van der Waals surface area contributed by atoms with Crippen LogP contribution in [0.1, 0.15) is 25.3 Å². The molecule has 0 bridgehead atoms. The van der Waals surface area contributed by atoms with Gasteiger partial charge in [0, 0.05) is 18.8 Å². The highest BCUT2D eigenvalue weighted by molar-refractivity contribution is 8.02. The minimum absolute atomic E-state index is 0.100. The van der Waals surface area contributed by atoms with E-state index in [1.165, 1.54) is 35.2 Å². The number of nitrogens with one attached hydrogen (secondary N) is 2. The maximum atomic E-state index is 12.8. The summed E-state index contributed by atoms with van der Waals surface area (Å²) >= 11 is 2.52. The summed E-state index contributed by atoms with van der Waals surface area (Å²) in [6.45, 7) is 3.10. The average molecular weight is 432 g/mol. The van der Waals surface area contributed by atoms with E-state index in [9.17, 15) is 18.0 Å². The third-order valence-corrected chi connectivity index (χ3v) is 6.08. The largest absolute Gasteiger partial charge is 0.416 e. The molecule has 1 saturated heterocycles. The van der Waals surface area contributed by atoms with Crippen molar-refractivity contribution in [1.29, 1.82) is 0 Å². The van der Waals surface area contributed by atoms with E-state index in [1.54, 1.807) is 6.92 Å². The third-order valence-electron chi connectivity index (χ3n) is 4.02. The Hall–Kier alpha value is -1.85. The second-order valence-electron chi connectivity index (χ2n) is 6.22. The van der Waals surface area contributed by atoms with Crippen molar-refractivity contribution in [3.63, 3.8) is 0 Å². The van der Waals surface area contributed by atoms with Crippen molar-refractivity contribution in [3.05, 3.63) is 29.8 Å². The lowest BCUT2D eigenvalue weighted by molar-refractivity contribution is -0.137. The van der Waals surface area contributed by atoms with Crippen LogP contribution in [-0.4, -0.2) is 40.6 Å². The van der Waals surface area contributed by atoms with Crippen molar-refractivity contribution in [1.82, 2.24) is 10.2 Å². The predicted molar refractivity (Wildman–Crippen MR) is 103 cm³/mol. The highest BCUT2D eigenvalue weighted by atomic mass is 32.2. The van der Waals surface area contributed by atoms with Crippen molar-refractivity contribution in [2.24, 2.45) is 0 Å². The fourth-order valence-corrected chi connectivity index (χ4v) is 4.46. The van der Waals surface area contributed by atoms with E-state index >= 15 is 0 Å². The lowest BCUT2D eigenvalue weighted by atomic mass is 10.2. The Bertz CT molecular complexity index is 810. The maximum absolute atomic E-state index is 12.8. The molecule has 28 heavy (non-hydrogen) atoms. The molecule has 1 aliphatic rings. The van der Waals surface area contributed by atoms with Gasteiger partial charge in [-0.15, -0.1) is 10.2 Å². The summed E-state index contributed by atoms with van der Waals surface area (Å²) in [5.74, 6) is -0.409. The monoisotopic (exact) mass is 432 g/mol. The molecule has 1 aliphatic heterocycles. The number of thioether (sulfide) groups is 1. The van der Waals surface area contributed by atoms with Crippen LogP contribution in [0.2, 0.25) is 0 Å². The molecule has 1 amide bonds. The van der Waals surface area contributed by atoms with E-state index in [-0.39, 0.29) is 11.8 Å². The zero-order chi connectivity index (χ0) is 20.1.